The summed E-state index contributed by atoms with van der Waals surface area (Å²) in [4.78, 5) is 13.5. The summed E-state index contributed by atoms with van der Waals surface area (Å²) in [5.41, 5.74) is 0.760. The maximum Gasteiger partial charge on any atom is 0.307 e. The van der Waals surface area contributed by atoms with Crippen LogP contribution in [0.15, 0.2) is 47.1 Å². The summed E-state index contributed by atoms with van der Waals surface area (Å²) in [6.07, 6.45) is 1.85. The summed E-state index contributed by atoms with van der Waals surface area (Å²) in [6.45, 7) is 3.02. The standard InChI is InChI=1S/C18H22N2O4S/c1-3-23-17(21)10-11-20(13-14-7-6-12-24-14)18(25)19-15-8-4-5-9-16(15)22-2/h4-9,12H,3,10-11,13H2,1-2H3,(H,19,25). The minimum absolute atomic E-state index is 0.238. The minimum atomic E-state index is -0.257. The highest BCUT2D eigenvalue weighted by Crippen LogP contribution is 2.23. The van der Waals surface area contributed by atoms with Gasteiger partial charge in [0, 0.05) is 6.54 Å². The number of methoxy groups -OCH3 is 1. The third kappa shape index (κ3) is 5.79. The Morgan fingerprint density at radius 3 is 2.76 bits per heavy atom. The number of carbonyl (C=O) groups excluding carboxylic acids is 1. The zero-order chi connectivity index (χ0) is 18.1. The number of benzene rings is 1. The molecule has 0 aliphatic carbocycles. The molecule has 134 valence electrons. The van der Waals surface area contributed by atoms with Crippen LogP contribution in [0.4, 0.5) is 5.69 Å². The molecule has 7 heteroatoms. The zero-order valence-corrected chi connectivity index (χ0v) is 15.2. The van der Waals surface area contributed by atoms with Crippen LogP contribution in [0.3, 0.4) is 0 Å². The van der Waals surface area contributed by atoms with Gasteiger partial charge in [-0.1, -0.05) is 12.1 Å². The largest absolute Gasteiger partial charge is 0.495 e. The Bertz CT molecular complexity index is 688. The summed E-state index contributed by atoms with van der Waals surface area (Å²) in [6, 6.07) is 11.2. The second-order valence-corrected chi connectivity index (χ2v) is 5.57. The van der Waals surface area contributed by atoms with E-state index in [1.807, 2.05) is 41.3 Å². The van der Waals surface area contributed by atoms with Gasteiger partial charge in [0.05, 0.1) is 38.6 Å². The monoisotopic (exact) mass is 362 g/mol. The maximum atomic E-state index is 11.7. The molecule has 0 radical (unpaired) electrons. The van der Waals surface area contributed by atoms with E-state index in [-0.39, 0.29) is 12.4 Å². The molecule has 1 N–H and O–H groups in total. The molecule has 0 unspecified atom stereocenters. The number of rotatable bonds is 8. The van der Waals surface area contributed by atoms with Crippen molar-refractivity contribution in [3.05, 3.63) is 48.4 Å². The molecule has 25 heavy (non-hydrogen) atoms. The first kappa shape index (κ1) is 18.8. The van der Waals surface area contributed by atoms with Gasteiger partial charge in [0.15, 0.2) is 5.11 Å². The van der Waals surface area contributed by atoms with E-state index in [1.165, 1.54) is 0 Å². The van der Waals surface area contributed by atoms with E-state index in [4.69, 9.17) is 26.1 Å². The second-order valence-electron chi connectivity index (χ2n) is 5.19. The molecule has 6 nitrogen and oxygen atoms in total. The third-order valence-corrected chi connectivity index (χ3v) is 3.81. The lowest BCUT2D eigenvalue weighted by Gasteiger charge is -2.25. The van der Waals surface area contributed by atoms with Gasteiger partial charge >= 0.3 is 5.97 Å². The molecule has 0 saturated carbocycles. The van der Waals surface area contributed by atoms with E-state index in [9.17, 15) is 4.79 Å². The van der Waals surface area contributed by atoms with Gasteiger partial charge in [0.1, 0.15) is 11.5 Å². The highest BCUT2D eigenvalue weighted by atomic mass is 32.1. The zero-order valence-electron chi connectivity index (χ0n) is 14.4. The number of thiocarbonyl (C=S) groups is 1. The molecule has 0 atom stereocenters. The lowest BCUT2D eigenvalue weighted by atomic mass is 10.3. The van der Waals surface area contributed by atoms with E-state index in [0.29, 0.717) is 30.6 Å². The van der Waals surface area contributed by atoms with Crippen LogP contribution in [0.5, 0.6) is 5.75 Å². The van der Waals surface area contributed by atoms with Gasteiger partial charge < -0.3 is 24.1 Å². The molecule has 1 aromatic carbocycles. The smallest absolute Gasteiger partial charge is 0.307 e. The van der Waals surface area contributed by atoms with Crippen molar-refractivity contribution in [1.82, 2.24) is 4.90 Å². The number of para-hydroxylation sites is 2. The summed E-state index contributed by atoms with van der Waals surface area (Å²) < 4.78 is 15.7. The lowest BCUT2D eigenvalue weighted by Crippen LogP contribution is -2.36. The van der Waals surface area contributed by atoms with E-state index < -0.39 is 0 Å². The van der Waals surface area contributed by atoms with Gasteiger partial charge in [-0.05, 0) is 43.4 Å². The van der Waals surface area contributed by atoms with Gasteiger partial charge in [-0.25, -0.2) is 0 Å². The molecule has 2 aromatic rings. The van der Waals surface area contributed by atoms with Crippen LogP contribution >= 0.6 is 12.2 Å². The van der Waals surface area contributed by atoms with Crippen LogP contribution in [0.1, 0.15) is 19.1 Å². The van der Waals surface area contributed by atoms with Crippen molar-refractivity contribution in [2.45, 2.75) is 19.9 Å². The number of ether oxygens (including phenoxy) is 2. The highest BCUT2D eigenvalue weighted by molar-refractivity contribution is 7.80. The number of nitrogens with zero attached hydrogens (tertiary/aromatic N) is 1. The van der Waals surface area contributed by atoms with Crippen molar-refractivity contribution in [1.29, 1.82) is 0 Å². The molecule has 0 aliphatic heterocycles. The maximum absolute atomic E-state index is 11.7. The van der Waals surface area contributed by atoms with Crippen LogP contribution in [0, 0.1) is 0 Å². The first-order valence-electron chi connectivity index (χ1n) is 8.01. The molecule has 0 fully saturated rings. The Morgan fingerprint density at radius 2 is 2.08 bits per heavy atom. The van der Waals surface area contributed by atoms with Gasteiger partial charge in [0.25, 0.3) is 0 Å². The Kier molecular flexibility index (Phi) is 7.28. The summed E-state index contributed by atoms with van der Waals surface area (Å²) in [5, 5.41) is 3.65. The van der Waals surface area contributed by atoms with Crippen LogP contribution in [-0.4, -0.2) is 36.2 Å². The van der Waals surface area contributed by atoms with Crippen LogP contribution < -0.4 is 10.1 Å². The number of nitrogens with one attached hydrogen (secondary N) is 1. The van der Waals surface area contributed by atoms with Crippen LogP contribution in [-0.2, 0) is 16.1 Å². The Morgan fingerprint density at radius 1 is 1.28 bits per heavy atom. The van der Waals surface area contributed by atoms with Crippen molar-refractivity contribution in [2.24, 2.45) is 0 Å². The molecule has 0 spiro atoms. The predicted molar refractivity (Wildman–Crippen MR) is 99.6 cm³/mol. The molecular weight excluding hydrogens is 340 g/mol. The molecule has 2 rings (SSSR count). The number of furan rings is 1. The van der Waals surface area contributed by atoms with Crippen molar-refractivity contribution in [3.63, 3.8) is 0 Å². The first-order valence-corrected chi connectivity index (χ1v) is 8.41. The second kappa shape index (κ2) is 9.68. The number of hydrogen-bond acceptors (Lipinski definition) is 5. The van der Waals surface area contributed by atoms with Crippen molar-refractivity contribution in [3.8, 4) is 5.75 Å². The summed E-state index contributed by atoms with van der Waals surface area (Å²) in [5.74, 6) is 1.19. The predicted octanol–water partition coefficient (Wildman–Crippen LogP) is 3.44. The quantitative estimate of drug-likeness (QED) is 0.570. The fourth-order valence-electron chi connectivity index (χ4n) is 2.24. The normalized spacial score (nSPS) is 10.2. The summed E-state index contributed by atoms with van der Waals surface area (Å²) in [7, 11) is 1.60. The highest BCUT2D eigenvalue weighted by Gasteiger charge is 2.15. The SMILES string of the molecule is CCOC(=O)CCN(Cc1ccco1)C(=S)Nc1ccccc1OC. The van der Waals surface area contributed by atoms with Gasteiger partial charge in [-0.15, -0.1) is 0 Å². The van der Waals surface area contributed by atoms with Crippen LogP contribution in [0.2, 0.25) is 0 Å². The molecular formula is C18H22N2O4S. The number of hydrogen-bond donors (Lipinski definition) is 1. The Hall–Kier alpha value is -2.54. The van der Waals surface area contributed by atoms with E-state index in [2.05, 4.69) is 5.32 Å². The average Bonchev–Trinajstić information content (AvgIpc) is 3.12. The number of carbonyl (C=O) groups is 1. The van der Waals surface area contributed by atoms with Crippen LogP contribution in [0.25, 0.3) is 0 Å². The third-order valence-electron chi connectivity index (χ3n) is 3.45. The lowest BCUT2D eigenvalue weighted by molar-refractivity contribution is -0.143. The van der Waals surface area contributed by atoms with Gasteiger partial charge in [0.2, 0.25) is 0 Å². The van der Waals surface area contributed by atoms with E-state index in [0.717, 1.165) is 11.4 Å². The first-order chi connectivity index (χ1) is 12.1. The van der Waals surface area contributed by atoms with E-state index in [1.54, 1.807) is 20.3 Å². The molecule has 0 saturated heterocycles. The molecule has 1 aromatic heterocycles. The molecule has 0 amide bonds. The average molecular weight is 362 g/mol. The molecule has 0 bridgehead atoms. The van der Waals surface area contributed by atoms with Gasteiger partial charge in [-0.2, -0.15) is 0 Å². The number of esters is 1. The summed E-state index contributed by atoms with van der Waals surface area (Å²) >= 11 is 5.52. The van der Waals surface area contributed by atoms with Crippen molar-refractivity contribution < 1.29 is 18.7 Å². The Balaban J connectivity index is 2.07. The fraction of sp³-hybridized carbons (Fsp3) is 0.333. The topological polar surface area (TPSA) is 63.9 Å². The van der Waals surface area contributed by atoms with E-state index >= 15 is 0 Å². The molecule has 1 heterocycles. The van der Waals surface area contributed by atoms with Crippen molar-refractivity contribution >= 4 is 29.0 Å². The van der Waals surface area contributed by atoms with Gasteiger partial charge in [-0.3, -0.25) is 4.79 Å². The molecule has 0 aliphatic rings. The minimum Gasteiger partial charge on any atom is -0.495 e. The fourth-order valence-corrected chi connectivity index (χ4v) is 2.51. The van der Waals surface area contributed by atoms with Crippen molar-refractivity contribution in [2.75, 3.05) is 25.6 Å². The Labute approximate surface area is 152 Å². The number of anilines is 1.